The van der Waals surface area contributed by atoms with Crippen molar-refractivity contribution in [1.82, 2.24) is 20.5 Å². The predicted molar refractivity (Wildman–Crippen MR) is 75.3 cm³/mol. The Balaban J connectivity index is 1.68. The quantitative estimate of drug-likeness (QED) is 0.887. The molecule has 2 heterocycles. The highest BCUT2D eigenvalue weighted by Crippen LogP contribution is 2.12. The Morgan fingerprint density at radius 1 is 1.35 bits per heavy atom. The fraction of sp³-hybridized carbons (Fsp3) is 0.429. The first kappa shape index (κ1) is 13.1. The van der Waals surface area contributed by atoms with E-state index >= 15 is 0 Å². The van der Waals surface area contributed by atoms with Crippen LogP contribution in [0.25, 0.3) is 0 Å². The second kappa shape index (κ2) is 5.58. The van der Waals surface area contributed by atoms with Crippen molar-refractivity contribution in [2.24, 2.45) is 0 Å². The average molecular weight is 275 g/mol. The van der Waals surface area contributed by atoms with Gasteiger partial charge in [0.15, 0.2) is 0 Å². The third-order valence-corrected chi connectivity index (χ3v) is 3.46. The molecule has 0 saturated carbocycles. The predicted octanol–water partition coefficient (Wildman–Crippen LogP) is 1.33. The third kappa shape index (κ3) is 2.96. The molecule has 5 nitrogen and oxygen atoms in total. The molecule has 1 aromatic carbocycles. The van der Waals surface area contributed by atoms with E-state index in [0.717, 1.165) is 37.0 Å². The number of benzene rings is 1. The number of aromatic amines is 1. The molecule has 2 aromatic rings. The number of piperazine rings is 1. The molecule has 2 N–H and O–H groups in total. The lowest BCUT2D eigenvalue weighted by Crippen LogP contribution is -2.49. The van der Waals surface area contributed by atoms with Crippen molar-refractivity contribution >= 4 is 5.95 Å². The molecule has 0 spiro atoms. The third-order valence-electron chi connectivity index (χ3n) is 3.46. The number of rotatable bonds is 3. The average Bonchev–Trinajstić information content (AvgIpc) is 2.90. The Kier molecular flexibility index (Phi) is 3.64. The number of halogens is 1. The highest BCUT2D eigenvalue weighted by molar-refractivity contribution is 5.31. The first-order valence-corrected chi connectivity index (χ1v) is 6.85. The van der Waals surface area contributed by atoms with Crippen LogP contribution in [0.1, 0.15) is 18.3 Å². The summed E-state index contributed by atoms with van der Waals surface area (Å²) in [5, 5.41) is 10.6. The van der Waals surface area contributed by atoms with Crippen molar-refractivity contribution in [2.45, 2.75) is 19.4 Å². The molecular weight excluding hydrogens is 257 g/mol. The maximum absolute atomic E-state index is 12.9. The summed E-state index contributed by atoms with van der Waals surface area (Å²) >= 11 is 0. The van der Waals surface area contributed by atoms with Crippen molar-refractivity contribution in [3.05, 3.63) is 41.5 Å². The molecular formula is C14H18FN5. The van der Waals surface area contributed by atoms with Crippen molar-refractivity contribution in [1.29, 1.82) is 0 Å². The standard InChI is InChI=1S/C14H18FN5/c1-10-9-20(7-6-16-10)14-17-13(18-19-14)8-11-2-4-12(15)5-3-11/h2-5,10,16H,6-9H2,1H3,(H,17,18,19). The summed E-state index contributed by atoms with van der Waals surface area (Å²) in [6, 6.07) is 6.91. The fourth-order valence-corrected chi connectivity index (χ4v) is 2.42. The Labute approximate surface area is 117 Å². The number of hydrogen-bond acceptors (Lipinski definition) is 4. The number of anilines is 1. The molecule has 6 heteroatoms. The van der Waals surface area contributed by atoms with E-state index in [1.54, 1.807) is 12.1 Å². The largest absolute Gasteiger partial charge is 0.337 e. The summed E-state index contributed by atoms with van der Waals surface area (Å²) in [7, 11) is 0. The van der Waals surface area contributed by atoms with Gasteiger partial charge in [0.1, 0.15) is 11.6 Å². The maximum Gasteiger partial charge on any atom is 0.244 e. The number of aromatic nitrogens is 3. The van der Waals surface area contributed by atoms with E-state index in [0.29, 0.717) is 12.5 Å². The Morgan fingerprint density at radius 3 is 2.90 bits per heavy atom. The minimum absolute atomic E-state index is 0.221. The van der Waals surface area contributed by atoms with Gasteiger partial charge in [-0.05, 0) is 24.6 Å². The van der Waals surface area contributed by atoms with E-state index in [4.69, 9.17) is 0 Å². The smallest absolute Gasteiger partial charge is 0.244 e. The monoisotopic (exact) mass is 275 g/mol. The Morgan fingerprint density at radius 2 is 2.15 bits per heavy atom. The van der Waals surface area contributed by atoms with E-state index in [-0.39, 0.29) is 5.82 Å². The normalized spacial score (nSPS) is 19.3. The molecule has 1 aromatic heterocycles. The summed E-state index contributed by atoms with van der Waals surface area (Å²) in [6.07, 6.45) is 0.634. The van der Waals surface area contributed by atoms with Gasteiger partial charge in [-0.2, -0.15) is 4.98 Å². The molecule has 1 aliphatic rings. The molecule has 106 valence electrons. The van der Waals surface area contributed by atoms with Crippen LogP contribution in [0.5, 0.6) is 0 Å². The molecule has 0 amide bonds. The molecule has 3 rings (SSSR count). The first-order valence-electron chi connectivity index (χ1n) is 6.85. The lowest BCUT2D eigenvalue weighted by Gasteiger charge is -2.30. The van der Waals surface area contributed by atoms with Crippen LogP contribution in [0, 0.1) is 5.82 Å². The van der Waals surface area contributed by atoms with Gasteiger partial charge in [0, 0.05) is 32.1 Å². The van der Waals surface area contributed by atoms with Gasteiger partial charge >= 0.3 is 0 Å². The van der Waals surface area contributed by atoms with Crippen molar-refractivity contribution in [3.63, 3.8) is 0 Å². The van der Waals surface area contributed by atoms with Crippen LogP contribution in [-0.4, -0.2) is 40.9 Å². The van der Waals surface area contributed by atoms with Crippen molar-refractivity contribution < 1.29 is 4.39 Å². The zero-order valence-corrected chi connectivity index (χ0v) is 11.4. The topological polar surface area (TPSA) is 56.8 Å². The molecule has 0 bridgehead atoms. The fourth-order valence-electron chi connectivity index (χ4n) is 2.42. The number of H-pyrrole nitrogens is 1. The molecule has 0 aliphatic carbocycles. The van der Waals surface area contributed by atoms with E-state index in [1.807, 2.05) is 0 Å². The van der Waals surface area contributed by atoms with Gasteiger partial charge in [-0.25, -0.2) is 4.39 Å². The number of nitrogens with one attached hydrogen (secondary N) is 2. The summed E-state index contributed by atoms with van der Waals surface area (Å²) in [5.41, 5.74) is 1.02. The van der Waals surface area contributed by atoms with Crippen LogP contribution in [0.3, 0.4) is 0 Å². The highest BCUT2D eigenvalue weighted by atomic mass is 19.1. The SMILES string of the molecule is CC1CN(c2n[nH]c(Cc3ccc(F)cc3)n2)CCN1. The van der Waals surface area contributed by atoms with E-state index < -0.39 is 0 Å². The Hall–Kier alpha value is -1.95. The Bertz CT molecular complexity index is 565. The lowest BCUT2D eigenvalue weighted by atomic mass is 10.1. The zero-order chi connectivity index (χ0) is 13.9. The molecule has 1 fully saturated rings. The van der Waals surface area contributed by atoms with Crippen LogP contribution < -0.4 is 10.2 Å². The minimum atomic E-state index is -0.221. The first-order chi connectivity index (χ1) is 9.70. The van der Waals surface area contributed by atoms with E-state index in [1.165, 1.54) is 12.1 Å². The van der Waals surface area contributed by atoms with Gasteiger partial charge in [-0.15, -0.1) is 5.10 Å². The van der Waals surface area contributed by atoms with Crippen LogP contribution >= 0.6 is 0 Å². The minimum Gasteiger partial charge on any atom is -0.337 e. The molecule has 1 atom stereocenters. The molecule has 1 aliphatic heterocycles. The lowest BCUT2D eigenvalue weighted by molar-refractivity contribution is 0.480. The molecule has 1 unspecified atom stereocenters. The van der Waals surface area contributed by atoms with Gasteiger partial charge < -0.3 is 10.2 Å². The van der Waals surface area contributed by atoms with E-state index in [2.05, 4.69) is 32.3 Å². The number of hydrogen-bond donors (Lipinski definition) is 2. The van der Waals surface area contributed by atoms with Crippen LogP contribution in [0.15, 0.2) is 24.3 Å². The van der Waals surface area contributed by atoms with Crippen LogP contribution in [0.4, 0.5) is 10.3 Å². The summed E-state index contributed by atoms with van der Waals surface area (Å²) in [4.78, 5) is 6.70. The van der Waals surface area contributed by atoms with Crippen molar-refractivity contribution in [2.75, 3.05) is 24.5 Å². The second-order valence-corrected chi connectivity index (χ2v) is 5.19. The van der Waals surface area contributed by atoms with Crippen molar-refractivity contribution in [3.8, 4) is 0 Å². The molecule has 20 heavy (non-hydrogen) atoms. The number of nitrogens with zero attached hydrogens (tertiary/aromatic N) is 3. The summed E-state index contributed by atoms with van der Waals surface area (Å²) in [6.45, 7) is 4.92. The van der Waals surface area contributed by atoms with Crippen LogP contribution in [-0.2, 0) is 6.42 Å². The summed E-state index contributed by atoms with van der Waals surface area (Å²) in [5.74, 6) is 1.33. The zero-order valence-electron chi connectivity index (χ0n) is 11.4. The van der Waals surface area contributed by atoms with Gasteiger partial charge in [-0.3, -0.25) is 5.10 Å². The second-order valence-electron chi connectivity index (χ2n) is 5.19. The van der Waals surface area contributed by atoms with Gasteiger partial charge in [0.2, 0.25) is 5.95 Å². The summed E-state index contributed by atoms with van der Waals surface area (Å²) < 4.78 is 12.9. The van der Waals surface area contributed by atoms with Gasteiger partial charge in [-0.1, -0.05) is 12.1 Å². The highest BCUT2D eigenvalue weighted by Gasteiger charge is 2.19. The van der Waals surface area contributed by atoms with Gasteiger partial charge in [0.05, 0.1) is 0 Å². The molecule has 1 saturated heterocycles. The molecule has 0 radical (unpaired) electrons. The maximum atomic E-state index is 12.9. The van der Waals surface area contributed by atoms with Gasteiger partial charge in [0.25, 0.3) is 0 Å². The van der Waals surface area contributed by atoms with Crippen LogP contribution in [0.2, 0.25) is 0 Å². The van der Waals surface area contributed by atoms with E-state index in [9.17, 15) is 4.39 Å².